The van der Waals surface area contributed by atoms with Crippen LogP contribution < -0.4 is 16.6 Å². The van der Waals surface area contributed by atoms with Gasteiger partial charge in [-0.05, 0) is 31.4 Å². The van der Waals surface area contributed by atoms with Crippen LogP contribution in [0.3, 0.4) is 0 Å². The quantitative estimate of drug-likeness (QED) is 0.243. The average Bonchev–Trinajstić information content (AvgIpc) is 3.10. The third-order valence-corrected chi connectivity index (χ3v) is 5.87. The lowest BCUT2D eigenvalue weighted by Crippen LogP contribution is -2.37. The lowest BCUT2D eigenvalue weighted by atomic mass is 10.1. The van der Waals surface area contributed by atoms with Crippen molar-refractivity contribution in [1.29, 1.82) is 0 Å². The van der Waals surface area contributed by atoms with Gasteiger partial charge in [0.15, 0.2) is 0 Å². The molecule has 9 heteroatoms. The second-order valence-electron chi connectivity index (χ2n) is 6.37. The Morgan fingerprint density at radius 2 is 2.17 bits per heavy atom. The molecule has 0 aliphatic heterocycles. The molecule has 1 atom stereocenters. The van der Waals surface area contributed by atoms with Crippen LogP contribution in [-0.4, -0.2) is 29.6 Å². The summed E-state index contributed by atoms with van der Waals surface area (Å²) in [6.07, 6.45) is 4.14. The predicted octanol–water partition coefficient (Wildman–Crippen LogP) is 3.52. The summed E-state index contributed by atoms with van der Waals surface area (Å²) in [5.74, 6) is 0.389. The van der Waals surface area contributed by atoms with E-state index in [9.17, 15) is 14.4 Å². The summed E-state index contributed by atoms with van der Waals surface area (Å²) in [5.41, 5.74) is 0.206. The molecule has 0 radical (unpaired) electrons. The van der Waals surface area contributed by atoms with Crippen LogP contribution in [0.15, 0.2) is 45.7 Å². The number of carbonyl (C=O) groups is 1. The molecule has 0 aromatic carbocycles. The Morgan fingerprint density at radius 3 is 2.76 bits per heavy atom. The van der Waals surface area contributed by atoms with Crippen molar-refractivity contribution in [2.75, 3.05) is 13.7 Å². The second-order valence-corrected chi connectivity index (χ2v) is 7.88. The number of H-pyrrole nitrogens is 1. The van der Waals surface area contributed by atoms with Gasteiger partial charge in [-0.15, -0.1) is 11.3 Å². The fourth-order valence-corrected chi connectivity index (χ4v) is 4.31. The molecular weight excluding hydrogens is 414 g/mol. The molecule has 0 aliphatic carbocycles. The number of fused-ring (bicyclic) bond motifs is 1. The molecule has 0 saturated carbocycles. The van der Waals surface area contributed by atoms with Gasteiger partial charge >= 0.3 is 5.69 Å². The number of aromatic amines is 1. The summed E-state index contributed by atoms with van der Waals surface area (Å²) in [4.78, 5) is 39.6. The zero-order valence-corrected chi connectivity index (χ0v) is 18.0. The van der Waals surface area contributed by atoms with E-state index in [0.29, 0.717) is 58.6 Å². The Hall–Kier alpha value is -2.58. The number of rotatable bonds is 11. The van der Waals surface area contributed by atoms with E-state index in [1.54, 1.807) is 12.1 Å². The number of halogens is 1. The van der Waals surface area contributed by atoms with Gasteiger partial charge in [0.25, 0.3) is 5.56 Å². The molecule has 7 nitrogen and oxygen atoms in total. The summed E-state index contributed by atoms with van der Waals surface area (Å²) in [6, 6.07) is 1.44. The zero-order valence-electron chi connectivity index (χ0n) is 16.4. The molecule has 2 aromatic heterocycles. The molecule has 0 spiro atoms. The largest absolute Gasteiger partial charge is 0.497 e. The van der Waals surface area contributed by atoms with Gasteiger partial charge in [-0.3, -0.25) is 14.2 Å². The summed E-state index contributed by atoms with van der Waals surface area (Å²) >= 11 is 7.35. The van der Waals surface area contributed by atoms with Crippen molar-refractivity contribution in [3.63, 3.8) is 0 Å². The minimum absolute atomic E-state index is 0.263. The summed E-state index contributed by atoms with van der Waals surface area (Å²) in [7, 11) is 1.49. The third-order valence-electron chi connectivity index (χ3n) is 4.51. The molecule has 0 aliphatic rings. The van der Waals surface area contributed by atoms with Crippen molar-refractivity contribution >= 4 is 45.1 Å². The van der Waals surface area contributed by atoms with E-state index in [1.165, 1.54) is 23.0 Å². The fourth-order valence-electron chi connectivity index (χ4n) is 3.00. The highest BCUT2D eigenvalue weighted by Crippen LogP contribution is 2.33. The predicted molar refractivity (Wildman–Crippen MR) is 118 cm³/mol. The first kappa shape index (κ1) is 22.7. The maximum atomic E-state index is 13.1. The van der Waals surface area contributed by atoms with Crippen LogP contribution in [0.1, 0.15) is 37.1 Å². The summed E-state index contributed by atoms with van der Waals surface area (Å²) in [6.45, 7) is 9.92. The first-order valence-electron chi connectivity index (χ1n) is 9.09. The smallest absolute Gasteiger partial charge is 0.329 e. The molecule has 0 fully saturated rings. The number of allylic oxidation sites excluding steroid dienone is 3. The normalized spacial score (nSPS) is 12.6. The van der Waals surface area contributed by atoms with Crippen molar-refractivity contribution in [1.82, 2.24) is 14.9 Å². The van der Waals surface area contributed by atoms with Gasteiger partial charge in [0.2, 0.25) is 6.41 Å². The van der Waals surface area contributed by atoms with Crippen LogP contribution in [0.2, 0.25) is 0 Å². The van der Waals surface area contributed by atoms with Gasteiger partial charge in [-0.1, -0.05) is 31.7 Å². The van der Waals surface area contributed by atoms with Crippen LogP contribution >= 0.6 is 22.9 Å². The number of nitrogens with zero attached hydrogens (tertiary/aromatic N) is 1. The monoisotopic (exact) mass is 437 g/mol. The molecule has 2 rings (SSSR count). The molecular formula is C20H24ClN3O4S. The van der Waals surface area contributed by atoms with Crippen LogP contribution in [-0.2, 0) is 9.53 Å². The van der Waals surface area contributed by atoms with Gasteiger partial charge in [0, 0.05) is 28.1 Å². The lowest BCUT2D eigenvalue weighted by molar-refractivity contribution is -0.109. The SMILES string of the molecule is C=C(/C=C(\C(=C)Cl)c1cc2[nH]c(=O)n(C(CC)CCCNC=O)c(=O)c2s1)OC. The number of carbonyl (C=O) groups excluding carboxylic acids is 1. The maximum Gasteiger partial charge on any atom is 0.329 e. The van der Waals surface area contributed by atoms with Gasteiger partial charge in [-0.25, -0.2) is 4.79 Å². The van der Waals surface area contributed by atoms with Crippen molar-refractivity contribution < 1.29 is 9.53 Å². The molecule has 2 heterocycles. The second kappa shape index (κ2) is 10.3. The summed E-state index contributed by atoms with van der Waals surface area (Å²) in [5, 5.41) is 2.86. The minimum atomic E-state index is -0.460. The highest BCUT2D eigenvalue weighted by atomic mass is 35.5. The van der Waals surface area contributed by atoms with Crippen molar-refractivity contribution in [3.05, 3.63) is 61.8 Å². The highest BCUT2D eigenvalue weighted by molar-refractivity contribution is 7.20. The number of nitrogens with one attached hydrogen (secondary N) is 2. The molecule has 0 bridgehead atoms. The van der Waals surface area contributed by atoms with E-state index in [-0.39, 0.29) is 16.6 Å². The Morgan fingerprint density at radius 1 is 1.45 bits per heavy atom. The van der Waals surface area contributed by atoms with Crippen molar-refractivity contribution in [3.8, 4) is 0 Å². The van der Waals surface area contributed by atoms with Crippen LogP contribution in [0.5, 0.6) is 0 Å². The number of amides is 1. The van der Waals surface area contributed by atoms with Gasteiger partial charge in [0.05, 0.1) is 12.6 Å². The number of thiophene rings is 1. The Balaban J connectivity index is 2.52. The minimum Gasteiger partial charge on any atom is -0.497 e. The Bertz CT molecular complexity index is 1060. The topological polar surface area (TPSA) is 93.2 Å². The van der Waals surface area contributed by atoms with E-state index in [2.05, 4.69) is 23.5 Å². The molecule has 2 N–H and O–H groups in total. The van der Waals surface area contributed by atoms with E-state index < -0.39 is 5.69 Å². The van der Waals surface area contributed by atoms with Gasteiger partial charge < -0.3 is 15.0 Å². The van der Waals surface area contributed by atoms with Crippen LogP contribution in [0.4, 0.5) is 0 Å². The Labute approximate surface area is 177 Å². The fraction of sp³-hybridized carbons (Fsp3) is 0.350. The summed E-state index contributed by atoms with van der Waals surface area (Å²) < 4.78 is 6.76. The number of hydrogen-bond acceptors (Lipinski definition) is 5. The van der Waals surface area contributed by atoms with E-state index in [0.717, 1.165) is 0 Å². The van der Waals surface area contributed by atoms with Gasteiger partial charge in [0.1, 0.15) is 10.5 Å². The van der Waals surface area contributed by atoms with Crippen molar-refractivity contribution in [2.45, 2.75) is 32.2 Å². The molecule has 0 saturated heterocycles. The van der Waals surface area contributed by atoms with Crippen LogP contribution in [0, 0.1) is 0 Å². The van der Waals surface area contributed by atoms with Gasteiger partial charge in [-0.2, -0.15) is 0 Å². The Kier molecular flexibility index (Phi) is 8.04. The van der Waals surface area contributed by atoms with E-state index >= 15 is 0 Å². The maximum absolute atomic E-state index is 13.1. The lowest BCUT2D eigenvalue weighted by Gasteiger charge is -2.16. The van der Waals surface area contributed by atoms with Crippen LogP contribution in [0.25, 0.3) is 15.8 Å². The number of hydrogen-bond donors (Lipinski definition) is 2. The van der Waals surface area contributed by atoms with Crippen molar-refractivity contribution in [2.24, 2.45) is 0 Å². The van der Waals surface area contributed by atoms with E-state index in [1.807, 2.05) is 6.92 Å². The number of methoxy groups -OCH3 is 1. The molecule has 29 heavy (non-hydrogen) atoms. The standard InChI is InChI=1S/C20H24ClN3O4S/c1-5-14(7-6-8-22-11-25)24-19(26)18-16(23-20(24)27)10-17(29-18)15(13(3)21)9-12(2)28-4/h9-11,14H,2-3,5-8H2,1,4H3,(H,22,25)(H,23,27)/b15-9+. The average molecular weight is 438 g/mol. The number of ether oxygens (including phenoxy) is 1. The molecule has 1 unspecified atom stereocenters. The third kappa shape index (κ3) is 5.27. The zero-order chi connectivity index (χ0) is 21.6. The molecule has 156 valence electrons. The highest BCUT2D eigenvalue weighted by Gasteiger charge is 2.19. The first-order chi connectivity index (χ1) is 13.8. The molecule has 1 amide bonds. The van der Waals surface area contributed by atoms with E-state index in [4.69, 9.17) is 16.3 Å². The first-order valence-corrected chi connectivity index (χ1v) is 10.3. The molecule has 2 aromatic rings. The number of aromatic nitrogens is 2.